The lowest BCUT2D eigenvalue weighted by atomic mass is 10.0. The van der Waals surface area contributed by atoms with E-state index < -0.39 is 0 Å². The quantitative estimate of drug-likeness (QED) is 0.433. The van der Waals surface area contributed by atoms with Gasteiger partial charge in [-0.25, -0.2) is 0 Å². The van der Waals surface area contributed by atoms with Gasteiger partial charge in [-0.2, -0.15) is 4.89 Å². The maximum atomic E-state index is 5.09. The van der Waals surface area contributed by atoms with Crippen molar-refractivity contribution in [3.05, 3.63) is 48.2 Å². The fourth-order valence-corrected chi connectivity index (χ4v) is 2.35. The summed E-state index contributed by atoms with van der Waals surface area (Å²) in [4.78, 5) is 14.6. The Bertz CT molecular complexity index is 737. The zero-order valence-corrected chi connectivity index (χ0v) is 9.01. The molecule has 1 aromatic heterocycles. The number of nitrogens with zero attached hydrogens (tertiary/aromatic N) is 1. The molecule has 0 amide bonds. The number of para-hydroxylation sites is 1. The number of hydrogen-bond donors (Lipinski definition) is 0. The molecular weight excluding hydrogens is 214 g/mol. The first kappa shape index (κ1) is 8.96. The molecule has 1 aliphatic heterocycles. The van der Waals surface area contributed by atoms with Crippen molar-refractivity contribution < 1.29 is 9.78 Å². The average Bonchev–Trinajstić information content (AvgIpc) is 2.86. The van der Waals surface area contributed by atoms with Crippen LogP contribution in [0.1, 0.15) is 5.56 Å². The smallest absolute Gasteiger partial charge is 0.171 e. The van der Waals surface area contributed by atoms with Crippen LogP contribution in [0.25, 0.3) is 21.7 Å². The van der Waals surface area contributed by atoms with E-state index in [1.165, 1.54) is 10.8 Å². The molecule has 0 atom stereocenters. The molecular formula is C14H9NO2. The second-order valence-electron chi connectivity index (χ2n) is 4.12. The highest BCUT2D eigenvalue weighted by molar-refractivity contribution is 6.07. The second kappa shape index (κ2) is 3.18. The molecule has 0 saturated carbocycles. The Morgan fingerprint density at radius 2 is 1.88 bits per heavy atom. The Hall–Kier alpha value is -2.13. The molecule has 0 saturated heterocycles. The molecule has 3 aromatic rings. The predicted molar refractivity (Wildman–Crippen MR) is 64.7 cm³/mol. The predicted octanol–water partition coefficient (Wildman–Crippen LogP) is 3.21. The van der Waals surface area contributed by atoms with Gasteiger partial charge in [0.1, 0.15) is 6.61 Å². The van der Waals surface area contributed by atoms with E-state index in [2.05, 4.69) is 17.1 Å². The maximum Gasteiger partial charge on any atom is 0.171 e. The monoisotopic (exact) mass is 223 g/mol. The third kappa shape index (κ3) is 1.17. The van der Waals surface area contributed by atoms with Crippen LogP contribution in [0.15, 0.2) is 42.6 Å². The second-order valence-corrected chi connectivity index (χ2v) is 4.12. The van der Waals surface area contributed by atoms with Crippen molar-refractivity contribution in [1.82, 2.24) is 4.98 Å². The van der Waals surface area contributed by atoms with Crippen LogP contribution < -0.4 is 4.89 Å². The van der Waals surface area contributed by atoms with Gasteiger partial charge < -0.3 is 4.89 Å². The van der Waals surface area contributed by atoms with E-state index in [0.29, 0.717) is 6.61 Å². The Balaban J connectivity index is 2.22. The highest BCUT2D eigenvalue weighted by Gasteiger charge is 2.17. The lowest BCUT2D eigenvalue weighted by Crippen LogP contribution is -1.85. The van der Waals surface area contributed by atoms with Crippen molar-refractivity contribution in [1.29, 1.82) is 0 Å². The van der Waals surface area contributed by atoms with Gasteiger partial charge in [0.15, 0.2) is 5.75 Å². The summed E-state index contributed by atoms with van der Waals surface area (Å²) in [6.45, 7) is 0.493. The lowest BCUT2D eigenvalue weighted by Gasteiger charge is -2.05. The first-order valence-corrected chi connectivity index (χ1v) is 5.52. The topological polar surface area (TPSA) is 31.4 Å². The summed E-state index contributed by atoms with van der Waals surface area (Å²) in [5.41, 5.74) is 2.10. The van der Waals surface area contributed by atoms with Gasteiger partial charge in [-0.05, 0) is 23.6 Å². The third-order valence-corrected chi connectivity index (χ3v) is 3.19. The largest absolute Gasteiger partial charge is 0.337 e. The maximum absolute atomic E-state index is 5.09. The number of benzene rings is 2. The zero-order valence-electron chi connectivity index (χ0n) is 9.01. The Morgan fingerprint density at radius 1 is 0.941 bits per heavy atom. The van der Waals surface area contributed by atoms with E-state index in [-0.39, 0.29) is 0 Å². The van der Waals surface area contributed by atoms with Gasteiger partial charge in [-0.3, -0.25) is 4.98 Å². The molecule has 17 heavy (non-hydrogen) atoms. The van der Waals surface area contributed by atoms with Gasteiger partial charge in [0.2, 0.25) is 0 Å². The van der Waals surface area contributed by atoms with Crippen LogP contribution in [0.3, 0.4) is 0 Å². The zero-order chi connectivity index (χ0) is 11.2. The number of aromatic nitrogens is 1. The van der Waals surface area contributed by atoms with Crippen LogP contribution >= 0.6 is 0 Å². The van der Waals surface area contributed by atoms with Gasteiger partial charge in [0.05, 0.1) is 5.52 Å². The minimum absolute atomic E-state index is 0.493. The molecule has 82 valence electrons. The molecule has 2 aromatic carbocycles. The van der Waals surface area contributed by atoms with Crippen molar-refractivity contribution in [3.8, 4) is 5.75 Å². The molecule has 0 radical (unpaired) electrons. The van der Waals surface area contributed by atoms with Gasteiger partial charge in [-0.1, -0.05) is 18.2 Å². The number of fused-ring (bicyclic) bond motifs is 5. The van der Waals surface area contributed by atoms with Crippen molar-refractivity contribution in [2.24, 2.45) is 0 Å². The standard InChI is InChI=1S/C14H9NO2/c1-2-4-13-10(3-1)9-5-6-14-12(8-16-17-14)11(9)7-15-13/h1-7H,8H2. The fourth-order valence-electron chi connectivity index (χ4n) is 2.35. The van der Waals surface area contributed by atoms with E-state index in [9.17, 15) is 0 Å². The summed E-state index contributed by atoms with van der Waals surface area (Å²) >= 11 is 0. The Kier molecular flexibility index (Phi) is 1.68. The molecule has 2 heterocycles. The molecule has 3 nitrogen and oxygen atoms in total. The normalized spacial score (nSPS) is 13.9. The van der Waals surface area contributed by atoms with Gasteiger partial charge in [0, 0.05) is 22.5 Å². The summed E-state index contributed by atoms with van der Waals surface area (Å²) in [6.07, 6.45) is 1.90. The molecule has 0 unspecified atom stereocenters. The molecule has 3 heteroatoms. The van der Waals surface area contributed by atoms with Crippen LogP contribution in [0.2, 0.25) is 0 Å². The number of hydrogen-bond acceptors (Lipinski definition) is 3. The summed E-state index contributed by atoms with van der Waals surface area (Å²) in [5, 5.41) is 3.47. The summed E-state index contributed by atoms with van der Waals surface area (Å²) in [7, 11) is 0. The Morgan fingerprint density at radius 3 is 2.88 bits per heavy atom. The minimum atomic E-state index is 0.493. The molecule has 4 rings (SSSR count). The number of rotatable bonds is 0. The number of pyridine rings is 1. The van der Waals surface area contributed by atoms with Crippen LogP contribution in [0.5, 0.6) is 5.75 Å². The average molecular weight is 223 g/mol. The van der Waals surface area contributed by atoms with E-state index in [4.69, 9.17) is 9.78 Å². The summed E-state index contributed by atoms with van der Waals surface area (Å²) < 4.78 is 0. The molecule has 0 bridgehead atoms. The van der Waals surface area contributed by atoms with E-state index in [1.807, 2.05) is 30.5 Å². The fraction of sp³-hybridized carbons (Fsp3) is 0.0714. The van der Waals surface area contributed by atoms with Crippen LogP contribution in [0.4, 0.5) is 0 Å². The minimum Gasteiger partial charge on any atom is -0.337 e. The van der Waals surface area contributed by atoms with Gasteiger partial charge >= 0.3 is 0 Å². The van der Waals surface area contributed by atoms with Crippen LogP contribution in [-0.2, 0) is 11.5 Å². The highest BCUT2D eigenvalue weighted by atomic mass is 17.2. The van der Waals surface area contributed by atoms with Crippen molar-refractivity contribution in [2.45, 2.75) is 6.61 Å². The van der Waals surface area contributed by atoms with Crippen LogP contribution in [0, 0.1) is 0 Å². The molecule has 0 aliphatic carbocycles. The third-order valence-electron chi connectivity index (χ3n) is 3.19. The first-order valence-electron chi connectivity index (χ1n) is 5.52. The highest BCUT2D eigenvalue weighted by Crippen LogP contribution is 2.35. The van der Waals surface area contributed by atoms with Crippen molar-refractivity contribution in [3.63, 3.8) is 0 Å². The Labute approximate surface area is 97.5 Å². The molecule has 1 aliphatic rings. The lowest BCUT2D eigenvalue weighted by molar-refractivity contribution is -0.194. The van der Waals surface area contributed by atoms with E-state index in [1.54, 1.807) is 0 Å². The van der Waals surface area contributed by atoms with E-state index in [0.717, 1.165) is 22.2 Å². The van der Waals surface area contributed by atoms with E-state index >= 15 is 0 Å². The van der Waals surface area contributed by atoms with Crippen LogP contribution in [-0.4, -0.2) is 4.98 Å². The summed E-state index contributed by atoms with van der Waals surface area (Å²) in [6, 6.07) is 12.2. The first-order chi connectivity index (χ1) is 8.43. The van der Waals surface area contributed by atoms with Crippen molar-refractivity contribution in [2.75, 3.05) is 0 Å². The van der Waals surface area contributed by atoms with Crippen molar-refractivity contribution >= 4 is 21.7 Å². The summed E-state index contributed by atoms with van der Waals surface area (Å²) in [5.74, 6) is 0.801. The van der Waals surface area contributed by atoms with Gasteiger partial charge in [0.25, 0.3) is 0 Å². The van der Waals surface area contributed by atoms with Gasteiger partial charge in [-0.15, -0.1) is 0 Å². The molecule has 0 N–H and O–H groups in total. The molecule has 0 fully saturated rings. The SMILES string of the molecule is c1ccc2c(c1)ncc1c3c(ccc12)OOC3. The molecule has 0 spiro atoms.